The maximum absolute atomic E-state index is 5.29. The van der Waals surface area contributed by atoms with Gasteiger partial charge in [-0.25, -0.2) is 19.9 Å². The standard InChI is InChI=1S/C48H28N4S2/c1-3-13-30(14-4-1)39-26-35(25-33-18-9-10-19-36(33)39)46-50-45(34-23-22-29-12-7-8-17-32(29)24-34)51-47(52-46)38-21-11-20-37-40-27-43-41(28-42(40)53-44(37)38)49-48(54-43)31-15-5-2-6-16-31/h1-28H. The molecule has 0 unspecified atom stereocenters. The first-order valence-electron chi connectivity index (χ1n) is 17.9. The number of hydrogen-bond acceptors (Lipinski definition) is 6. The number of nitrogens with zero attached hydrogens (tertiary/aromatic N) is 4. The third-order valence-electron chi connectivity index (χ3n) is 10.1. The van der Waals surface area contributed by atoms with Crippen LogP contribution in [0.15, 0.2) is 170 Å². The van der Waals surface area contributed by atoms with E-state index in [1.807, 2.05) is 6.07 Å². The number of thiazole rings is 1. The Labute approximate surface area is 318 Å². The molecule has 0 aliphatic heterocycles. The van der Waals surface area contributed by atoms with E-state index in [0.717, 1.165) is 59.4 Å². The van der Waals surface area contributed by atoms with Crippen LogP contribution in [0.3, 0.4) is 0 Å². The maximum Gasteiger partial charge on any atom is 0.165 e. The Morgan fingerprint density at radius 2 is 1.00 bits per heavy atom. The number of thiophene rings is 1. The first-order valence-corrected chi connectivity index (χ1v) is 19.5. The first kappa shape index (κ1) is 31.0. The third kappa shape index (κ3) is 5.26. The summed E-state index contributed by atoms with van der Waals surface area (Å²) in [6.07, 6.45) is 0. The van der Waals surface area contributed by atoms with Crippen LogP contribution < -0.4 is 0 Å². The van der Waals surface area contributed by atoms with Gasteiger partial charge in [-0.05, 0) is 69.1 Å². The molecule has 0 aliphatic rings. The quantitative estimate of drug-likeness (QED) is 0.177. The van der Waals surface area contributed by atoms with Gasteiger partial charge < -0.3 is 0 Å². The molecule has 0 radical (unpaired) electrons. The molecule has 54 heavy (non-hydrogen) atoms. The van der Waals surface area contributed by atoms with Crippen LogP contribution in [0.2, 0.25) is 0 Å². The highest BCUT2D eigenvalue weighted by atomic mass is 32.1. The zero-order chi connectivity index (χ0) is 35.6. The van der Waals surface area contributed by atoms with Crippen molar-refractivity contribution in [3.05, 3.63) is 170 Å². The van der Waals surface area contributed by atoms with E-state index in [0.29, 0.717) is 17.5 Å². The summed E-state index contributed by atoms with van der Waals surface area (Å²) in [6.45, 7) is 0. The van der Waals surface area contributed by atoms with Crippen LogP contribution >= 0.6 is 22.7 Å². The van der Waals surface area contributed by atoms with E-state index in [-0.39, 0.29) is 0 Å². The van der Waals surface area contributed by atoms with Crippen molar-refractivity contribution in [2.75, 3.05) is 0 Å². The van der Waals surface area contributed by atoms with E-state index >= 15 is 0 Å². The molecule has 3 aromatic heterocycles. The Morgan fingerprint density at radius 1 is 0.333 bits per heavy atom. The van der Waals surface area contributed by atoms with E-state index in [4.69, 9.17) is 19.9 Å². The van der Waals surface area contributed by atoms with Gasteiger partial charge >= 0.3 is 0 Å². The minimum Gasteiger partial charge on any atom is -0.236 e. The molecule has 252 valence electrons. The molecular formula is C48H28N4S2. The van der Waals surface area contributed by atoms with Crippen molar-refractivity contribution in [3.63, 3.8) is 0 Å². The van der Waals surface area contributed by atoms with Crippen molar-refractivity contribution in [1.29, 1.82) is 0 Å². The fourth-order valence-electron chi connectivity index (χ4n) is 7.48. The molecule has 0 bridgehead atoms. The monoisotopic (exact) mass is 724 g/mol. The molecule has 0 saturated carbocycles. The van der Waals surface area contributed by atoms with Crippen molar-refractivity contribution < 1.29 is 0 Å². The van der Waals surface area contributed by atoms with Gasteiger partial charge in [0, 0.05) is 42.4 Å². The molecule has 0 amide bonds. The van der Waals surface area contributed by atoms with Gasteiger partial charge in [0.15, 0.2) is 17.5 Å². The van der Waals surface area contributed by atoms with Crippen molar-refractivity contribution in [2.45, 2.75) is 0 Å². The normalized spacial score (nSPS) is 11.7. The van der Waals surface area contributed by atoms with E-state index < -0.39 is 0 Å². The van der Waals surface area contributed by atoms with Gasteiger partial charge in [0.1, 0.15) is 5.01 Å². The van der Waals surface area contributed by atoms with E-state index in [2.05, 4.69) is 164 Å². The largest absolute Gasteiger partial charge is 0.236 e. The summed E-state index contributed by atoms with van der Waals surface area (Å²) in [7, 11) is 0. The van der Waals surface area contributed by atoms with Crippen molar-refractivity contribution >= 4 is 74.6 Å². The molecule has 8 aromatic carbocycles. The zero-order valence-electron chi connectivity index (χ0n) is 28.8. The van der Waals surface area contributed by atoms with Gasteiger partial charge in [-0.3, -0.25) is 0 Å². The average Bonchev–Trinajstić information content (AvgIpc) is 3.83. The summed E-state index contributed by atoms with van der Waals surface area (Å²) in [5.74, 6) is 1.94. The summed E-state index contributed by atoms with van der Waals surface area (Å²) >= 11 is 3.51. The zero-order valence-corrected chi connectivity index (χ0v) is 30.4. The fourth-order valence-corrected chi connectivity index (χ4v) is 9.70. The van der Waals surface area contributed by atoms with Crippen molar-refractivity contribution in [2.24, 2.45) is 0 Å². The minimum atomic E-state index is 0.641. The lowest BCUT2D eigenvalue weighted by Crippen LogP contribution is -2.00. The predicted molar refractivity (Wildman–Crippen MR) is 228 cm³/mol. The van der Waals surface area contributed by atoms with Crippen LogP contribution in [0.5, 0.6) is 0 Å². The number of fused-ring (bicyclic) bond motifs is 6. The smallest absolute Gasteiger partial charge is 0.165 e. The van der Waals surface area contributed by atoms with Gasteiger partial charge in [-0.15, -0.1) is 22.7 Å². The maximum atomic E-state index is 5.29. The van der Waals surface area contributed by atoms with Crippen molar-refractivity contribution in [1.82, 2.24) is 19.9 Å². The SMILES string of the molecule is c1ccc(-c2nc3cc4sc5c(-c6nc(-c7ccc8ccccc8c7)nc(-c7cc(-c8ccccc8)c8ccccc8c7)n6)cccc5c4cc3s2)cc1. The summed E-state index contributed by atoms with van der Waals surface area (Å²) in [5.41, 5.74) is 7.35. The average molecular weight is 725 g/mol. The molecule has 0 fully saturated rings. The van der Waals surface area contributed by atoms with Gasteiger partial charge in [0.2, 0.25) is 0 Å². The number of benzene rings is 8. The summed E-state index contributed by atoms with van der Waals surface area (Å²) in [6, 6.07) is 59.8. The topological polar surface area (TPSA) is 51.6 Å². The Bertz CT molecular complexity index is 3220. The van der Waals surface area contributed by atoms with Gasteiger partial charge in [-0.1, -0.05) is 133 Å². The van der Waals surface area contributed by atoms with Gasteiger partial charge in [0.05, 0.1) is 10.2 Å². The van der Waals surface area contributed by atoms with Crippen molar-refractivity contribution in [3.8, 4) is 55.9 Å². The van der Waals surface area contributed by atoms with E-state index in [1.165, 1.54) is 30.9 Å². The number of aromatic nitrogens is 4. The Kier molecular flexibility index (Phi) is 7.18. The number of hydrogen-bond donors (Lipinski definition) is 0. The predicted octanol–water partition coefficient (Wildman–Crippen LogP) is 13.5. The molecule has 3 heterocycles. The van der Waals surface area contributed by atoms with Crippen LogP contribution in [-0.2, 0) is 0 Å². The fraction of sp³-hybridized carbons (Fsp3) is 0. The summed E-state index contributed by atoms with van der Waals surface area (Å²) in [4.78, 5) is 20.8. The van der Waals surface area contributed by atoms with Crippen LogP contribution in [0.1, 0.15) is 0 Å². The molecule has 0 saturated heterocycles. The second kappa shape index (κ2) is 12.5. The lowest BCUT2D eigenvalue weighted by molar-refractivity contribution is 1.08. The Balaban J connectivity index is 1.13. The molecule has 6 heteroatoms. The highest BCUT2D eigenvalue weighted by molar-refractivity contribution is 7.26. The summed E-state index contributed by atoms with van der Waals surface area (Å²) in [5, 5.41) is 8.10. The number of rotatable bonds is 5. The molecule has 4 nitrogen and oxygen atoms in total. The highest BCUT2D eigenvalue weighted by Crippen LogP contribution is 2.43. The second-order valence-corrected chi connectivity index (χ2v) is 15.5. The van der Waals surface area contributed by atoms with E-state index in [9.17, 15) is 0 Å². The first-order chi connectivity index (χ1) is 26.7. The Hall–Kier alpha value is -6.60. The van der Waals surface area contributed by atoms with Crippen LogP contribution in [0.25, 0.3) is 108 Å². The molecular weight excluding hydrogens is 697 g/mol. The van der Waals surface area contributed by atoms with Crippen LogP contribution in [0, 0.1) is 0 Å². The molecule has 11 aromatic rings. The van der Waals surface area contributed by atoms with Gasteiger partial charge in [0.25, 0.3) is 0 Å². The van der Waals surface area contributed by atoms with Crippen LogP contribution in [0.4, 0.5) is 0 Å². The third-order valence-corrected chi connectivity index (χ3v) is 12.4. The molecule has 0 N–H and O–H groups in total. The second-order valence-electron chi connectivity index (χ2n) is 13.5. The van der Waals surface area contributed by atoms with Crippen LogP contribution in [-0.4, -0.2) is 19.9 Å². The lowest BCUT2D eigenvalue weighted by atomic mass is 9.95. The Morgan fingerprint density at radius 3 is 1.83 bits per heavy atom. The minimum absolute atomic E-state index is 0.641. The lowest BCUT2D eigenvalue weighted by Gasteiger charge is -2.13. The van der Waals surface area contributed by atoms with E-state index in [1.54, 1.807) is 22.7 Å². The summed E-state index contributed by atoms with van der Waals surface area (Å²) < 4.78 is 3.53. The molecule has 0 atom stereocenters. The molecule has 0 spiro atoms. The highest BCUT2D eigenvalue weighted by Gasteiger charge is 2.19. The van der Waals surface area contributed by atoms with Gasteiger partial charge in [-0.2, -0.15) is 0 Å². The molecule has 11 rings (SSSR count). The molecule has 0 aliphatic carbocycles.